The van der Waals surface area contributed by atoms with E-state index in [1.54, 1.807) is 0 Å². The van der Waals surface area contributed by atoms with Crippen molar-refractivity contribution in [2.75, 3.05) is 13.2 Å². The molecule has 0 radical (unpaired) electrons. The van der Waals surface area contributed by atoms with E-state index in [1.165, 1.54) is 0 Å². The Balaban J connectivity index is 0. The fraction of sp³-hybridized carbons (Fsp3) is 0.800. The minimum atomic E-state index is 0.312. The SMILES string of the molecule is C=C(CC(CC)N=C(C)C)OCCCCN.CC. The molecule has 0 amide bonds. The van der Waals surface area contributed by atoms with Crippen molar-refractivity contribution in [3.05, 3.63) is 12.3 Å². The van der Waals surface area contributed by atoms with Gasteiger partial charge in [0.2, 0.25) is 0 Å². The average Bonchev–Trinajstić information content (AvgIpc) is 2.35. The minimum absolute atomic E-state index is 0.312. The maximum absolute atomic E-state index is 5.54. The van der Waals surface area contributed by atoms with Gasteiger partial charge in [-0.1, -0.05) is 27.4 Å². The van der Waals surface area contributed by atoms with Gasteiger partial charge in [-0.2, -0.15) is 0 Å². The molecule has 0 rings (SSSR count). The van der Waals surface area contributed by atoms with Crippen LogP contribution in [0.2, 0.25) is 0 Å². The lowest BCUT2D eigenvalue weighted by atomic mass is 10.1. The van der Waals surface area contributed by atoms with Crippen molar-refractivity contribution in [3.63, 3.8) is 0 Å². The molecular formula is C15H32N2O. The van der Waals surface area contributed by atoms with E-state index in [9.17, 15) is 0 Å². The van der Waals surface area contributed by atoms with E-state index in [1.807, 2.05) is 27.7 Å². The maximum Gasteiger partial charge on any atom is 0.0909 e. The molecule has 0 saturated carbocycles. The molecule has 0 heterocycles. The second-order valence-electron chi connectivity index (χ2n) is 4.23. The zero-order valence-corrected chi connectivity index (χ0v) is 13.0. The van der Waals surface area contributed by atoms with Gasteiger partial charge in [-0.3, -0.25) is 4.99 Å². The molecule has 0 aliphatic carbocycles. The summed E-state index contributed by atoms with van der Waals surface area (Å²) in [7, 11) is 0. The molecule has 3 nitrogen and oxygen atoms in total. The molecule has 0 aromatic carbocycles. The van der Waals surface area contributed by atoms with Crippen molar-refractivity contribution >= 4 is 5.71 Å². The Kier molecular flexibility index (Phi) is 15.4. The van der Waals surface area contributed by atoms with Crippen LogP contribution in [0.4, 0.5) is 0 Å². The van der Waals surface area contributed by atoms with Gasteiger partial charge in [0.1, 0.15) is 0 Å². The Labute approximate surface area is 114 Å². The third kappa shape index (κ3) is 13.2. The van der Waals surface area contributed by atoms with Crippen LogP contribution in [0.5, 0.6) is 0 Å². The lowest BCUT2D eigenvalue weighted by molar-refractivity contribution is 0.194. The number of hydrogen-bond acceptors (Lipinski definition) is 3. The number of aliphatic imine (C=N–C) groups is 1. The van der Waals surface area contributed by atoms with Crippen LogP contribution in [0, 0.1) is 0 Å². The Morgan fingerprint density at radius 2 is 1.89 bits per heavy atom. The van der Waals surface area contributed by atoms with Gasteiger partial charge in [-0.05, 0) is 39.7 Å². The number of ether oxygens (including phenoxy) is 1. The summed E-state index contributed by atoms with van der Waals surface area (Å²) < 4.78 is 5.54. The first-order valence-corrected chi connectivity index (χ1v) is 7.11. The summed E-state index contributed by atoms with van der Waals surface area (Å²) in [5, 5.41) is 0. The van der Waals surface area contributed by atoms with Gasteiger partial charge in [-0.15, -0.1) is 0 Å². The predicted octanol–water partition coefficient (Wildman–Crippen LogP) is 3.93. The van der Waals surface area contributed by atoms with Crippen molar-refractivity contribution in [3.8, 4) is 0 Å². The van der Waals surface area contributed by atoms with Crippen LogP contribution >= 0.6 is 0 Å². The van der Waals surface area contributed by atoms with E-state index in [-0.39, 0.29) is 0 Å². The summed E-state index contributed by atoms with van der Waals surface area (Å²) in [6.45, 7) is 15.6. The van der Waals surface area contributed by atoms with Crippen molar-refractivity contribution in [2.24, 2.45) is 10.7 Å². The first-order chi connectivity index (χ1) is 8.60. The first kappa shape index (κ1) is 19.5. The molecule has 2 N–H and O–H groups in total. The fourth-order valence-corrected chi connectivity index (χ4v) is 1.43. The van der Waals surface area contributed by atoms with Crippen molar-refractivity contribution in [1.82, 2.24) is 0 Å². The molecule has 0 aliphatic rings. The van der Waals surface area contributed by atoms with Gasteiger partial charge >= 0.3 is 0 Å². The summed E-state index contributed by atoms with van der Waals surface area (Å²) in [4.78, 5) is 4.54. The summed E-state index contributed by atoms with van der Waals surface area (Å²) >= 11 is 0. The smallest absolute Gasteiger partial charge is 0.0909 e. The second kappa shape index (κ2) is 14.2. The normalized spacial score (nSPS) is 11.0. The second-order valence-corrected chi connectivity index (χ2v) is 4.23. The Morgan fingerprint density at radius 3 is 2.33 bits per heavy atom. The zero-order chi connectivity index (χ0) is 14.4. The highest BCUT2D eigenvalue weighted by Gasteiger charge is 2.07. The van der Waals surface area contributed by atoms with Crippen LogP contribution in [0.3, 0.4) is 0 Å². The van der Waals surface area contributed by atoms with E-state index >= 15 is 0 Å². The highest BCUT2D eigenvalue weighted by atomic mass is 16.5. The third-order valence-electron chi connectivity index (χ3n) is 2.28. The largest absolute Gasteiger partial charge is 0.498 e. The first-order valence-electron chi connectivity index (χ1n) is 7.11. The van der Waals surface area contributed by atoms with Crippen LogP contribution < -0.4 is 5.73 Å². The van der Waals surface area contributed by atoms with Gasteiger partial charge < -0.3 is 10.5 Å². The van der Waals surface area contributed by atoms with Gasteiger partial charge in [0.25, 0.3) is 0 Å². The Bertz CT molecular complexity index is 221. The summed E-state index contributed by atoms with van der Waals surface area (Å²) in [6, 6.07) is 0.312. The van der Waals surface area contributed by atoms with Crippen LogP contribution in [-0.4, -0.2) is 24.9 Å². The van der Waals surface area contributed by atoms with Crippen LogP contribution in [0.1, 0.15) is 60.3 Å². The molecule has 0 saturated heterocycles. The molecule has 3 heteroatoms. The van der Waals surface area contributed by atoms with Crippen molar-refractivity contribution in [1.29, 1.82) is 0 Å². The molecule has 0 spiro atoms. The molecule has 1 atom stereocenters. The maximum atomic E-state index is 5.54. The Morgan fingerprint density at radius 1 is 1.28 bits per heavy atom. The van der Waals surface area contributed by atoms with E-state index in [0.29, 0.717) is 6.04 Å². The van der Waals surface area contributed by atoms with Crippen molar-refractivity contribution < 1.29 is 4.74 Å². The van der Waals surface area contributed by atoms with E-state index in [0.717, 1.165) is 50.3 Å². The van der Waals surface area contributed by atoms with E-state index in [2.05, 4.69) is 18.5 Å². The van der Waals surface area contributed by atoms with E-state index in [4.69, 9.17) is 10.5 Å². The highest BCUT2D eigenvalue weighted by Crippen LogP contribution is 2.12. The topological polar surface area (TPSA) is 47.6 Å². The summed E-state index contributed by atoms with van der Waals surface area (Å²) in [5.74, 6) is 0.842. The number of nitrogens with two attached hydrogens (primary N) is 1. The van der Waals surface area contributed by atoms with E-state index < -0.39 is 0 Å². The summed E-state index contributed by atoms with van der Waals surface area (Å²) in [6.07, 6.45) is 3.86. The highest BCUT2D eigenvalue weighted by molar-refractivity contribution is 5.79. The third-order valence-corrected chi connectivity index (χ3v) is 2.28. The molecular weight excluding hydrogens is 224 g/mol. The average molecular weight is 256 g/mol. The number of nitrogens with zero attached hydrogens (tertiary/aromatic N) is 1. The van der Waals surface area contributed by atoms with Gasteiger partial charge in [0.15, 0.2) is 0 Å². The monoisotopic (exact) mass is 256 g/mol. The zero-order valence-electron chi connectivity index (χ0n) is 13.0. The molecule has 0 aromatic heterocycles. The standard InChI is InChI=1S/C13H26N2O.C2H6/c1-5-13(15-11(2)3)10-12(4)16-9-7-6-8-14;1-2/h13H,4-10,14H2,1-3H3;1-2H3. The lowest BCUT2D eigenvalue weighted by Crippen LogP contribution is -2.08. The quantitative estimate of drug-likeness (QED) is 0.386. The molecule has 0 aliphatic heterocycles. The van der Waals surface area contributed by atoms with Gasteiger partial charge in [0.05, 0.1) is 18.4 Å². The molecule has 0 fully saturated rings. The molecule has 0 aromatic rings. The minimum Gasteiger partial charge on any atom is -0.498 e. The molecule has 108 valence electrons. The van der Waals surface area contributed by atoms with Crippen molar-refractivity contribution in [2.45, 2.75) is 66.3 Å². The van der Waals surface area contributed by atoms with Gasteiger partial charge in [-0.25, -0.2) is 0 Å². The molecule has 18 heavy (non-hydrogen) atoms. The summed E-state index contributed by atoms with van der Waals surface area (Å²) in [5.41, 5.74) is 6.52. The van der Waals surface area contributed by atoms with Crippen LogP contribution in [-0.2, 0) is 4.74 Å². The van der Waals surface area contributed by atoms with Crippen LogP contribution in [0.15, 0.2) is 17.3 Å². The number of hydrogen-bond donors (Lipinski definition) is 1. The fourth-order valence-electron chi connectivity index (χ4n) is 1.43. The van der Waals surface area contributed by atoms with Crippen LogP contribution in [0.25, 0.3) is 0 Å². The van der Waals surface area contributed by atoms with Gasteiger partial charge in [0, 0.05) is 12.1 Å². The molecule has 1 unspecified atom stereocenters. The lowest BCUT2D eigenvalue weighted by Gasteiger charge is -2.14. The number of rotatable bonds is 9. The number of unbranched alkanes of at least 4 members (excludes halogenated alkanes) is 1. The molecule has 0 bridgehead atoms. The predicted molar refractivity (Wildman–Crippen MR) is 82.2 cm³/mol. The Hall–Kier alpha value is -0.830.